The molecule has 1 heterocycles. The lowest BCUT2D eigenvalue weighted by atomic mass is 9.74. The highest BCUT2D eigenvalue weighted by Crippen LogP contribution is 2.46. The van der Waals surface area contributed by atoms with Crippen LogP contribution < -0.4 is 5.32 Å². The predicted octanol–water partition coefficient (Wildman–Crippen LogP) is 3.79. The fraction of sp³-hybridized carbons (Fsp3) is 0.812. The van der Waals surface area contributed by atoms with Crippen LogP contribution in [-0.2, 0) is 18.4 Å². The van der Waals surface area contributed by atoms with E-state index in [2.05, 4.69) is 12.2 Å². The fourth-order valence-corrected chi connectivity index (χ4v) is 5.36. The Labute approximate surface area is 120 Å². The summed E-state index contributed by atoms with van der Waals surface area (Å²) in [6.45, 7) is 2.45. The van der Waals surface area contributed by atoms with Gasteiger partial charge in [-0.3, -0.25) is 0 Å². The molecule has 1 aromatic rings. The van der Waals surface area contributed by atoms with Gasteiger partial charge in [-0.1, -0.05) is 19.8 Å². The van der Waals surface area contributed by atoms with E-state index in [1.807, 2.05) is 11.3 Å². The second-order valence-corrected chi connectivity index (χ2v) is 7.86. The zero-order chi connectivity index (χ0) is 12.9. The molecule has 0 aliphatic heterocycles. The van der Waals surface area contributed by atoms with Crippen molar-refractivity contribution in [2.45, 2.75) is 76.3 Å². The molecule has 4 rings (SSSR count). The molecule has 1 N–H and O–H groups in total. The van der Waals surface area contributed by atoms with E-state index in [0.717, 1.165) is 12.0 Å². The first-order valence-electron chi connectivity index (χ1n) is 8.05. The van der Waals surface area contributed by atoms with Crippen molar-refractivity contribution in [1.29, 1.82) is 0 Å². The highest BCUT2D eigenvalue weighted by molar-refractivity contribution is 7.12. The lowest BCUT2D eigenvalue weighted by Gasteiger charge is -2.42. The molecular weight excluding hydrogens is 252 g/mol. The third-order valence-electron chi connectivity index (χ3n) is 5.32. The van der Waals surface area contributed by atoms with Gasteiger partial charge >= 0.3 is 0 Å². The summed E-state index contributed by atoms with van der Waals surface area (Å²) in [5.41, 5.74) is 1.64. The maximum absolute atomic E-state index is 5.07. The minimum atomic E-state index is 0.217. The quantitative estimate of drug-likeness (QED) is 0.908. The molecule has 0 spiro atoms. The first kappa shape index (κ1) is 12.3. The molecule has 2 saturated carbocycles. The lowest BCUT2D eigenvalue weighted by Crippen LogP contribution is -2.50. The number of hydrogen-bond acceptors (Lipinski definition) is 3. The van der Waals surface area contributed by atoms with E-state index in [-0.39, 0.29) is 5.54 Å². The van der Waals surface area contributed by atoms with E-state index in [9.17, 15) is 0 Å². The third-order valence-corrected chi connectivity index (χ3v) is 6.65. The topological polar surface area (TPSA) is 24.9 Å². The molecule has 1 aromatic heterocycles. The molecule has 0 saturated heterocycles. The van der Waals surface area contributed by atoms with E-state index in [0.29, 0.717) is 0 Å². The van der Waals surface area contributed by atoms with Crippen LogP contribution in [0.1, 0.15) is 67.4 Å². The van der Waals surface area contributed by atoms with Crippen LogP contribution in [0, 0.1) is 5.92 Å². The minimum Gasteiger partial charge on any atom is -0.302 e. The summed E-state index contributed by atoms with van der Waals surface area (Å²) in [6.07, 6.45) is 12.0. The Morgan fingerprint density at radius 1 is 1.16 bits per heavy atom. The molecular formula is C16H24N2S. The largest absolute Gasteiger partial charge is 0.302 e. The normalized spacial score (nSPS) is 34.5. The summed E-state index contributed by atoms with van der Waals surface area (Å²) in [7, 11) is 0. The van der Waals surface area contributed by atoms with Gasteiger partial charge in [0.15, 0.2) is 0 Å². The number of hydrogen-bond donors (Lipinski definition) is 1. The van der Waals surface area contributed by atoms with E-state index in [1.165, 1.54) is 68.5 Å². The average Bonchev–Trinajstić information content (AvgIpc) is 2.94. The fourth-order valence-electron chi connectivity index (χ4n) is 3.91. The van der Waals surface area contributed by atoms with E-state index in [1.54, 1.807) is 4.88 Å². The molecule has 0 radical (unpaired) electrons. The molecule has 0 aromatic carbocycles. The maximum atomic E-state index is 5.07. The van der Waals surface area contributed by atoms with Gasteiger partial charge in [0, 0.05) is 10.9 Å². The van der Waals surface area contributed by atoms with Gasteiger partial charge in [-0.2, -0.15) is 0 Å². The maximum Gasteiger partial charge on any atom is 0.114 e. The number of thiazole rings is 1. The molecule has 104 valence electrons. The molecule has 3 aliphatic carbocycles. The molecule has 2 unspecified atom stereocenters. The highest BCUT2D eigenvalue weighted by Gasteiger charge is 2.45. The summed E-state index contributed by atoms with van der Waals surface area (Å²) in [6, 6.07) is 0.777. The summed E-state index contributed by atoms with van der Waals surface area (Å²) < 4.78 is 0. The van der Waals surface area contributed by atoms with Crippen LogP contribution in [0.15, 0.2) is 0 Å². The minimum absolute atomic E-state index is 0.217. The van der Waals surface area contributed by atoms with Crippen LogP contribution in [0.4, 0.5) is 0 Å². The SMILES string of the molecule is CC1CCCCC1(NC1CC1)c1nc2c(s1)CCC2. The van der Waals surface area contributed by atoms with E-state index < -0.39 is 0 Å². The first-order valence-corrected chi connectivity index (χ1v) is 8.86. The second-order valence-electron chi connectivity index (χ2n) is 6.78. The van der Waals surface area contributed by atoms with Crippen LogP contribution in [0.25, 0.3) is 0 Å². The van der Waals surface area contributed by atoms with Crippen molar-refractivity contribution in [3.63, 3.8) is 0 Å². The molecule has 3 heteroatoms. The van der Waals surface area contributed by atoms with Crippen molar-refractivity contribution in [3.05, 3.63) is 15.6 Å². The van der Waals surface area contributed by atoms with Crippen molar-refractivity contribution in [3.8, 4) is 0 Å². The Kier molecular flexibility index (Phi) is 2.96. The Bertz CT molecular complexity index is 456. The zero-order valence-corrected chi connectivity index (χ0v) is 12.7. The molecule has 2 fully saturated rings. The van der Waals surface area contributed by atoms with Gasteiger partial charge < -0.3 is 5.32 Å². The van der Waals surface area contributed by atoms with Crippen LogP contribution in [-0.4, -0.2) is 11.0 Å². The van der Waals surface area contributed by atoms with Gasteiger partial charge in [0.2, 0.25) is 0 Å². The van der Waals surface area contributed by atoms with E-state index >= 15 is 0 Å². The number of fused-ring (bicyclic) bond motifs is 1. The van der Waals surface area contributed by atoms with Gasteiger partial charge in [0.25, 0.3) is 0 Å². The van der Waals surface area contributed by atoms with Gasteiger partial charge in [-0.15, -0.1) is 11.3 Å². The van der Waals surface area contributed by atoms with Crippen molar-refractivity contribution < 1.29 is 0 Å². The molecule has 2 nitrogen and oxygen atoms in total. The van der Waals surface area contributed by atoms with Crippen LogP contribution in [0.3, 0.4) is 0 Å². The van der Waals surface area contributed by atoms with Crippen LogP contribution in [0.5, 0.6) is 0 Å². The number of rotatable bonds is 3. The summed E-state index contributed by atoms with van der Waals surface area (Å²) in [4.78, 5) is 6.66. The molecule has 19 heavy (non-hydrogen) atoms. The predicted molar refractivity (Wildman–Crippen MR) is 79.6 cm³/mol. The first-order chi connectivity index (χ1) is 9.28. The number of aryl methyl sites for hydroxylation is 2. The standard InChI is InChI=1S/C16H24N2S/c1-11-5-2-3-10-16(11,18-12-8-9-12)15-17-13-6-4-7-14(13)19-15/h11-12,18H,2-10H2,1H3. The zero-order valence-electron chi connectivity index (χ0n) is 11.9. The third kappa shape index (κ3) is 2.06. The average molecular weight is 276 g/mol. The van der Waals surface area contributed by atoms with Crippen molar-refractivity contribution in [2.24, 2.45) is 5.92 Å². The molecule has 0 amide bonds. The molecule has 3 aliphatic rings. The number of aromatic nitrogens is 1. The highest BCUT2D eigenvalue weighted by atomic mass is 32.1. The Hall–Kier alpha value is -0.410. The molecule has 0 bridgehead atoms. The van der Waals surface area contributed by atoms with Gasteiger partial charge in [0.1, 0.15) is 5.01 Å². The van der Waals surface area contributed by atoms with Crippen molar-refractivity contribution >= 4 is 11.3 Å². The Morgan fingerprint density at radius 3 is 2.79 bits per heavy atom. The lowest BCUT2D eigenvalue weighted by molar-refractivity contribution is 0.150. The Balaban J connectivity index is 1.71. The summed E-state index contributed by atoms with van der Waals surface area (Å²) in [5.74, 6) is 0.744. The summed E-state index contributed by atoms with van der Waals surface area (Å²) in [5, 5.41) is 5.44. The Morgan fingerprint density at radius 2 is 2.05 bits per heavy atom. The van der Waals surface area contributed by atoms with Crippen LogP contribution >= 0.6 is 11.3 Å². The van der Waals surface area contributed by atoms with Crippen LogP contribution in [0.2, 0.25) is 0 Å². The van der Waals surface area contributed by atoms with Crippen molar-refractivity contribution in [2.75, 3.05) is 0 Å². The number of nitrogens with zero attached hydrogens (tertiary/aromatic N) is 1. The van der Waals surface area contributed by atoms with Gasteiger partial charge in [-0.25, -0.2) is 4.98 Å². The van der Waals surface area contributed by atoms with Crippen molar-refractivity contribution in [1.82, 2.24) is 10.3 Å². The molecule has 2 atom stereocenters. The van der Waals surface area contributed by atoms with Gasteiger partial charge in [-0.05, 0) is 50.9 Å². The van der Waals surface area contributed by atoms with E-state index in [4.69, 9.17) is 4.98 Å². The second kappa shape index (κ2) is 4.56. The smallest absolute Gasteiger partial charge is 0.114 e. The number of nitrogens with one attached hydrogen (secondary N) is 1. The monoisotopic (exact) mass is 276 g/mol. The van der Waals surface area contributed by atoms with Gasteiger partial charge in [0.05, 0.1) is 11.2 Å². The summed E-state index contributed by atoms with van der Waals surface area (Å²) >= 11 is 2.03.